The van der Waals surface area contributed by atoms with Crippen molar-refractivity contribution in [3.63, 3.8) is 0 Å². The Bertz CT molecular complexity index is 413. The molecule has 0 bridgehead atoms. The van der Waals surface area contributed by atoms with E-state index in [1.165, 1.54) is 19.2 Å². The molecule has 1 aromatic carbocycles. The number of hydrogen-bond donors (Lipinski definition) is 0. The van der Waals surface area contributed by atoms with Crippen LogP contribution in [0.15, 0.2) is 18.2 Å². The van der Waals surface area contributed by atoms with Gasteiger partial charge in [0.15, 0.2) is 0 Å². The number of methoxy groups -OCH3 is 1. The fraction of sp³-hybridized carbons (Fsp3) is 0.0909. The third kappa shape index (κ3) is 1.80. The Kier molecular flexibility index (Phi) is 3.03. The van der Waals surface area contributed by atoms with Crippen LogP contribution in [0.2, 0.25) is 0 Å². The fourth-order valence-corrected chi connectivity index (χ4v) is 1.04. The van der Waals surface area contributed by atoms with Crippen molar-refractivity contribution in [1.29, 1.82) is 0 Å². The highest BCUT2D eigenvalue weighted by atomic mass is 16.5. The van der Waals surface area contributed by atoms with Crippen molar-refractivity contribution < 1.29 is 14.3 Å². The second-order valence-electron chi connectivity index (χ2n) is 2.56. The molecule has 0 heterocycles. The highest BCUT2D eigenvalue weighted by molar-refractivity contribution is 5.94. The van der Waals surface area contributed by atoms with E-state index in [1.54, 1.807) is 6.07 Å². The molecule has 0 aromatic heterocycles. The summed E-state index contributed by atoms with van der Waals surface area (Å²) in [5, 5.41) is 0. The predicted molar refractivity (Wildman–Crippen MR) is 51.1 cm³/mol. The van der Waals surface area contributed by atoms with Gasteiger partial charge >= 0.3 is 5.97 Å². The quantitative estimate of drug-likeness (QED) is 0.398. The van der Waals surface area contributed by atoms with E-state index in [2.05, 4.69) is 10.7 Å². The minimum Gasteiger partial charge on any atom is -0.465 e. The standard InChI is InChI=1S/C11H8O3/c1-3-9-5-4-8(7-12)6-10(9)11(13)14-2/h1,4-7H,2H3. The second kappa shape index (κ2) is 4.24. The summed E-state index contributed by atoms with van der Waals surface area (Å²) in [6, 6.07) is 4.50. The molecule has 0 atom stereocenters. The van der Waals surface area contributed by atoms with Gasteiger partial charge in [0.05, 0.1) is 12.7 Å². The number of ether oxygens (including phenoxy) is 1. The minimum atomic E-state index is -0.540. The highest BCUT2D eigenvalue weighted by Gasteiger charge is 2.10. The van der Waals surface area contributed by atoms with E-state index in [-0.39, 0.29) is 5.56 Å². The molecule has 14 heavy (non-hydrogen) atoms. The average Bonchev–Trinajstić information content (AvgIpc) is 2.27. The van der Waals surface area contributed by atoms with E-state index in [4.69, 9.17) is 6.42 Å². The zero-order valence-electron chi connectivity index (χ0n) is 7.61. The average molecular weight is 188 g/mol. The molecule has 0 saturated heterocycles. The Balaban J connectivity index is 3.30. The van der Waals surface area contributed by atoms with Gasteiger partial charge in [-0.2, -0.15) is 0 Å². The topological polar surface area (TPSA) is 43.4 Å². The van der Waals surface area contributed by atoms with Gasteiger partial charge in [-0.05, 0) is 12.1 Å². The summed E-state index contributed by atoms with van der Waals surface area (Å²) < 4.78 is 4.53. The third-order valence-corrected chi connectivity index (χ3v) is 1.74. The molecule has 0 aliphatic carbocycles. The predicted octanol–water partition coefficient (Wildman–Crippen LogP) is 1.27. The number of esters is 1. The van der Waals surface area contributed by atoms with Crippen molar-refractivity contribution in [1.82, 2.24) is 0 Å². The lowest BCUT2D eigenvalue weighted by molar-refractivity contribution is 0.0600. The van der Waals surface area contributed by atoms with E-state index < -0.39 is 5.97 Å². The monoisotopic (exact) mass is 188 g/mol. The van der Waals surface area contributed by atoms with Crippen LogP contribution < -0.4 is 0 Å². The van der Waals surface area contributed by atoms with Crippen LogP contribution in [0.25, 0.3) is 0 Å². The van der Waals surface area contributed by atoms with Gasteiger partial charge in [0, 0.05) is 11.1 Å². The summed E-state index contributed by atoms with van der Waals surface area (Å²) in [7, 11) is 1.26. The normalized spacial score (nSPS) is 8.86. The van der Waals surface area contributed by atoms with Crippen LogP contribution >= 0.6 is 0 Å². The number of aldehydes is 1. The van der Waals surface area contributed by atoms with E-state index in [0.717, 1.165) is 0 Å². The lowest BCUT2D eigenvalue weighted by atomic mass is 10.1. The summed E-state index contributed by atoms with van der Waals surface area (Å²) in [5.74, 6) is 1.81. The third-order valence-electron chi connectivity index (χ3n) is 1.74. The molecule has 0 fully saturated rings. The van der Waals surface area contributed by atoms with E-state index >= 15 is 0 Å². The van der Waals surface area contributed by atoms with Gasteiger partial charge in [0.25, 0.3) is 0 Å². The minimum absolute atomic E-state index is 0.236. The molecule has 1 rings (SSSR count). The summed E-state index contributed by atoms with van der Waals surface area (Å²) >= 11 is 0. The van der Waals surface area contributed by atoms with Crippen LogP contribution in [0.1, 0.15) is 26.3 Å². The number of carbonyl (C=O) groups excluding carboxylic acids is 2. The van der Waals surface area contributed by atoms with Crippen molar-refractivity contribution in [2.75, 3.05) is 7.11 Å². The lowest BCUT2D eigenvalue weighted by Crippen LogP contribution is -2.04. The first-order valence-electron chi connectivity index (χ1n) is 3.87. The molecule has 0 radical (unpaired) electrons. The maximum atomic E-state index is 11.2. The molecule has 0 amide bonds. The second-order valence-corrected chi connectivity index (χ2v) is 2.56. The molecule has 0 spiro atoms. The Hall–Kier alpha value is -2.08. The van der Waals surface area contributed by atoms with E-state index in [9.17, 15) is 9.59 Å². The van der Waals surface area contributed by atoms with Crippen LogP contribution in [0, 0.1) is 12.3 Å². The number of rotatable bonds is 2. The molecule has 0 aliphatic heterocycles. The molecule has 70 valence electrons. The SMILES string of the molecule is C#Cc1ccc(C=O)cc1C(=O)OC. The molecule has 0 saturated carbocycles. The Morgan fingerprint density at radius 1 is 1.57 bits per heavy atom. The van der Waals surface area contributed by atoms with Gasteiger partial charge in [-0.1, -0.05) is 12.0 Å². The van der Waals surface area contributed by atoms with Crippen molar-refractivity contribution in [2.45, 2.75) is 0 Å². The summed E-state index contributed by atoms with van der Waals surface area (Å²) in [5.41, 5.74) is 1.05. The van der Waals surface area contributed by atoms with Crippen molar-refractivity contribution in [3.05, 3.63) is 34.9 Å². The number of hydrogen-bond acceptors (Lipinski definition) is 3. The zero-order valence-corrected chi connectivity index (χ0v) is 7.61. The maximum Gasteiger partial charge on any atom is 0.339 e. The van der Waals surface area contributed by atoms with Crippen molar-refractivity contribution in [2.24, 2.45) is 0 Å². The molecule has 1 aromatic rings. The van der Waals surface area contributed by atoms with Crippen molar-refractivity contribution in [3.8, 4) is 12.3 Å². The van der Waals surface area contributed by atoms with Crippen LogP contribution in [0.5, 0.6) is 0 Å². The summed E-state index contributed by atoms with van der Waals surface area (Å²) in [4.78, 5) is 21.7. The highest BCUT2D eigenvalue weighted by Crippen LogP contribution is 2.11. The van der Waals surface area contributed by atoms with Crippen LogP contribution in [0.3, 0.4) is 0 Å². The van der Waals surface area contributed by atoms with Crippen LogP contribution in [0.4, 0.5) is 0 Å². The fourth-order valence-electron chi connectivity index (χ4n) is 1.04. The first kappa shape index (κ1) is 10.0. The molecular weight excluding hydrogens is 180 g/mol. The summed E-state index contributed by atoms with van der Waals surface area (Å²) in [6.45, 7) is 0. The molecule has 0 unspecified atom stereocenters. The number of benzene rings is 1. The van der Waals surface area contributed by atoms with Gasteiger partial charge in [-0.3, -0.25) is 4.79 Å². The zero-order chi connectivity index (χ0) is 10.6. The smallest absolute Gasteiger partial charge is 0.339 e. The van der Waals surface area contributed by atoms with Gasteiger partial charge in [-0.15, -0.1) is 6.42 Å². The van der Waals surface area contributed by atoms with Crippen LogP contribution in [-0.2, 0) is 4.74 Å². The maximum absolute atomic E-state index is 11.2. The number of terminal acetylenes is 1. The summed E-state index contributed by atoms with van der Waals surface area (Å²) in [6.07, 6.45) is 5.83. The van der Waals surface area contributed by atoms with Gasteiger partial charge in [0.2, 0.25) is 0 Å². The first-order valence-corrected chi connectivity index (χ1v) is 3.87. The van der Waals surface area contributed by atoms with Crippen molar-refractivity contribution >= 4 is 12.3 Å². The largest absolute Gasteiger partial charge is 0.465 e. The Labute approximate surface area is 81.7 Å². The van der Waals surface area contributed by atoms with Gasteiger partial charge in [-0.25, -0.2) is 4.79 Å². The van der Waals surface area contributed by atoms with Crippen LogP contribution in [-0.4, -0.2) is 19.4 Å². The van der Waals surface area contributed by atoms with E-state index in [1.807, 2.05) is 0 Å². The molecule has 3 nitrogen and oxygen atoms in total. The van der Waals surface area contributed by atoms with Gasteiger partial charge < -0.3 is 4.74 Å². The molecule has 3 heteroatoms. The first-order chi connectivity index (χ1) is 6.72. The molecule has 0 aliphatic rings. The lowest BCUT2D eigenvalue weighted by Gasteiger charge is -2.02. The van der Waals surface area contributed by atoms with E-state index in [0.29, 0.717) is 17.4 Å². The molecule has 0 N–H and O–H groups in total. The Morgan fingerprint density at radius 3 is 2.79 bits per heavy atom. The Morgan fingerprint density at radius 2 is 2.29 bits per heavy atom. The molecular formula is C11H8O3. The number of carbonyl (C=O) groups is 2. The van der Waals surface area contributed by atoms with Gasteiger partial charge in [0.1, 0.15) is 6.29 Å².